The van der Waals surface area contributed by atoms with E-state index in [1.165, 1.54) is 6.08 Å². The number of phenols is 1. The maximum atomic E-state index is 11.7. The van der Waals surface area contributed by atoms with Gasteiger partial charge in [-0.3, -0.25) is 0 Å². The van der Waals surface area contributed by atoms with Crippen LogP contribution in [0.25, 0.3) is 0 Å². The van der Waals surface area contributed by atoms with E-state index in [4.69, 9.17) is 4.74 Å². The Morgan fingerprint density at radius 2 is 1.76 bits per heavy atom. The first kappa shape index (κ1) is 13.4. The van der Waals surface area contributed by atoms with Crippen molar-refractivity contribution in [2.45, 2.75) is 19.4 Å². The van der Waals surface area contributed by atoms with Crippen molar-refractivity contribution < 1.29 is 14.6 Å². The number of phenolic OH excluding ortho intramolecular Hbond substituents is 1. The molecule has 0 aliphatic carbocycles. The molecule has 0 saturated carbocycles. The first-order valence-corrected chi connectivity index (χ1v) is 6.81. The largest absolute Gasteiger partial charge is 0.508 e. The lowest BCUT2D eigenvalue weighted by Gasteiger charge is -2.29. The van der Waals surface area contributed by atoms with E-state index in [0.29, 0.717) is 0 Å². The van der Waals surface area contributed by atoms with Crippen molar-refractivity contribution in [2.75, 3.05) is 0 Å². The van der Waals surface area contributed by atoms with Crippen LogP contribution in [0.15, 0.2) is 54.6 Å². The van der Waals surface area contributed by atoms with Crippen LogP contribution in [0, 0.1) is 13.8 Å². The van der Waals surface area contributed by atoms with Gasteiger partial charge in [0.25, 0.3) is 0 Å². The van der Waals surface area contributed by atoms with Gasteiger partial charge in [0.15, 0.2) is 5.60 Å². The molecule has 0 bridgehead atoms. The van der Waals surface area contributed by atoms with Gasteiger partial charge in [-0.1, -0.05) is 35.9 Å². The molecule has 3 heteroatoms. The van der Waals surface area contributed by atoms with E-state index in [1.807, 2.05) is 32.0 Å². The third kappa shape index (κ3) is 2.21. The van der Waals surface area contributed by atoms with Gasteiger partial charge >= 0.3 is 5.97 Å². The summed E-state index contributed by atoms with van der Waals surface area (Å²) in [6.07, 6.45) is 3.23. The lowest BCUT2D eigenvalue weighted by molar-refractivity contribution is -0.143. The van der Waals surface area contributed by atoms with Gasteiger partial charge in [0.2, 0.25) is 0 Å². The Morgan fingerprint density at radius 3 is 2.38 bits per heavy atom. The summed E-state index contributed by atoms with van der Waals surface area (Å²) in [7, 11) is 0. The zero-order chi connectivity index (χ0) is 15.0. The summed E-state index contributed by atoms with van der Waals surface area (Å²) in [4.78, 5) is 11.7. The molecule has 1 aliphatic rings. The fourth-order valence-electron chi connectivity index (χ4n) is 2.71. The Morgan fingerprint density at radius 1 is 1.05 bits per heavy atom. The molecule has 2 aromatic rings. The van der Waals surface area contributed by atoms with Crippen molar-refractivity contribution in [3.8, 4) is 5.75 Å². The second-order valence-electron chi connectivity index (χ2n) is 5.36. The van der Waals surface area contributed by atoms with Crippen molar-refractivity contribution >= 4 is 5.97 Å². The van der Waals surface area contributed by atoms with Crippen LogP contribution in [0.5, 0.6) is 5.75 Å². The quantitative estimate of drug-likeness (QED) is 0.858. The molecule has 1 heterocycles. The van der Waals surface area contributed by atoms with Crippen LogP contribution in [0.2, 0.25) is 0 Å². The maximum absolute atomic E-state index is 11.7. The molecule has 0 aromatic heterocycles. The predicted octanol–water partition coefficient (Wildman–Crippen LogP) is 3.37. The van der Waals surface area contributed by atoms with Crippen LogP contribution >= 0.6 is 0 Å². The fraction of sp³-hybridized carbons (Fsp3) is 0.167. The summed E-state index contributed by atoms with van der Waals surface area (Å²) < 4.78 is 5.67. The number of carbonyl (C=O) groups excluding carboxylic acids is 1. The van der Waals surface area contributed by atoms with E-state index >= 15 is 0 Å². The highest BCUT2D eigenvalue weighted by Gasteiger charge is 2.40. The van der Waals surface area contributed by atoms with Gasteiger partial charge in [0, 0.05) is 17.2 Å². The molecular formula is C18H16O3. The molecule has 0 saturated heterocycles. The van der Waals surface area contributed by atoms with Crippen molar-refractivity contribution in [1.82, 2.24) is 0 Å². The average Bonchev–Trinajstić information content (AvgIpc) is 2.85. The Balaban J connectivity index is 2.23. The minimum Gasteiger partial charge on any atom is -0.508 e. The molecule has 21 heavy (non-hydrogen) atoms. The van der Waals surface area contributed by atoms with Crippen LogP contribution < -0.4 is 0 Å². The number of carbonyl (C=O) groups is 1. The summed E-state index contributed by atoms with van der Waals surface area (Å²) in [6, 6.07) is 12.8. The van der Waals surface area contributed by atoms with Crippen molar-refractivity contribution in [1.29, 1.82) is 0 Å². The van der Waals surface area contributed by atoms with Crippen LogP contribution in [0.4, 0.5) is 0 Å². The third-order valence-electron chi connectivity index (χ3n) is 3.81. The number of rotatable bonds is 2. The number of ether oxygens (including phenoxy) is 1. The van der Waals surface area contributed by atoms with Gasteiger partial charge in [-0.05, 0) is 37.6 Å². The predicted molar refractivity (Wildman–Crippen MR) is 80.0 cm³/mol. The molecule has 3 nitrogen and oxygen atoms in total. The zero-order valence-corrected chi connectivity index (χ0v) is 12.0. The molecule has 1 atom stereocenters. The fourth-order valence-corrected chi connectivity index (χ4v) is 2.71. The smallest absolute Gasteiger partial charge is 0.332 e. The number of esters is 1. The topological polar surface area (TPSA) is 46.5 Å². The Hall–Kier alpha value is -2.55. The summed E-state index contributed by atoms with van der Waals surface area (Å²) in [5.74, 6) is -0.174. The van der Waals surface area contributed by atoms with Crippen molar-refractivity contribution in [3.63, 3.8) is 0 Å². The highest BCUT2D eigenvalue weighted by Crippen LogP contribution is 2.41. The summed E-state index contributed by atoms with van der Waals surface area (Å²) in [5.41, 5.74) is 2.99. The number of cyclic esters (lactones) is 1. The zero-order valence-electron chi connectivity index (χ0n) is 12.0. The normalized spacial score (nSPS) is 20.6. The summed E-state index contributed by atoms with van der Waals surface area (Å²) in [6.45, 7) is 4.00. The standard InChI is InChI=1S/C18H16O3/c1-12-3-4-13(2)16(11-12)18(10-9-17(20)21-18)14-5-7-15(19)8-6-14/h3-11,19H,1-2H3. The van der Waals surface area contributed by atoms with Gasteiger partial charge in [-0.25, -0.2) is 4.79 Å². The van der Waals surface area contributed by atoms with E-state index in [9.17, 15) is 9.90 Å². The van der Waals surface area contributed by atoms with E-state index in [1.54, 1.807) is 30.3 Å². The molecule has 1 unspecified atom stereocenters. The summed E-state index contributed by atoms with van der Waals surface area (Å²) >= 11 is 0. The minimum absolute atomic E-state index is 0.183. The average molecular weight is 280 g/mol. The molecule has 0 radical (unpaired) electrons. The first-order valence-electron chi connectivity index (χ1n) is 6.81. The van der Waals surface area contributed by atoms with Crippen LogP contribution in [-0.2, 0) is 15.1 Å². The highest BCUT2D eigenvalue weighted by molar-refractivity contribution is 5.86. The Bertz CT molecular complexity index is 729. The molecule has 0 amide bonds. The third-order valence-corrected chi connectivity index (χ3v) is 3.81. The van der Waals surface area contributed by atoms with Crippen LogP contribution in [0.3, 0.4) is 0 Å². The van der Waals surface area contributed by atoms with Crippen molar-refractivity contribution in [3.05, 3.63) is 76.9 Å². The van der Waals surface area contributed by atoms with Gasteiger partial charge in [-0.2, -0.15) is 0 Å². The number of benzene rings is 2. The molecule has 0 spiro atoms. The summed E-state index contributed by atoms with van der Waals surface area (Å²) in [5, 5.41) is 9.48. The monoisotopic (exact) mass is 280 g/mol. The van der Waals surface area contributed by atoms with Gasteiger partial charge in [-0.15, -0.1) is 0 Å². The van der Waals surface area contributed by atoms with E-state index in [-0.39, 0.29) is 11.7 Å². The lowest BCUT2D eigenvalue weighted by Crippen LogP contribution is -2.28. The van der Waals surface area contributed by atoms with Gasteiger partial charge < -0.3 is 9.84 Å². The number of aryl methyl sites for hydroxylation is 2. The van der Waals surface area contributed by atoms with Crippen LogP contribution in [0.1, 0.15) is 22.3 Å². The number of hydrogen-bond donors (Lipinski definition) is 1. The molecule has 3 rings (SSSR count). The molecule has 0 fully saturated rings. The SMILES string of the molecule is Cc1ccc(C)c(C2(c3ccc(O)cc3)C=CC(=O)O2)c1. The van der Waals surface area contributed by atoms with Crippen molar-refractivity contribution in [2.24, 2.45) is 0 Å². The van der Waals surface area contributed by atoms with E-state index < -0.39 is 5.60 Å². The van der Waals surface area contributed by atoms with E-state index in [0.717, 1.165) is 22.3 Å². The molecular weight excluding hydrogens is 264 g/mol. The lowest BCUT2D eigenvalue weighted by atomic mass is 9.83. The molecule has 1 aliphatic heterocycles. The van der Waals surface area contributed by atoms with Gasteiger partial charge in [0.1, 0.15) is 5.75 Å². The first-order chi connectivity index (χ1) is 10.0. The Kier molecular flexibility index (Phi) is 3.05. The highest BCUT2D eigenvalue weighted by atomic mass is 16.6. The molecule has 2 aromatic carbocycles. The Labute approximate surface area is 123 Å². The second-order valence-corrected chi connectivity index (χ2v) is 5.36. The van der Waals surface area contributed by atoms with Crippen LogP contribution in [-0.4, -0.2) is 11.1 Å². The molecule has 1 N–H and O–H groups in total. The van der Waals surface area contributed by atoms with Gasteiger partial charge in [0.05, 0.1) is 0 Å². The van der Waals surface area contributed by atoms with E-state index in [2.05, 4.69) is 0 Å². The molecule has 106 valence electrons. The number of hydrogen-bond acceptors (Lipinski definition) is 3. The maximum Gasteiger partial charge on any atom is 0.332 e. The minimum atomic E-state index is -0.916. The second kappa shape index (κ2) is 4.77. The number of aromatic hydroxyl groups is 1.